The molecule has 0 saturated heterocycles. The van der Waals surface area contributed by atoms with Crippen molar-refractivity contribution in [2.75, 3.05) is 6.54 Å². The van der Waals surface area contributed by atoms with Gasteiger partial charge in [-0.1, -0.05) is 70.4 Å². The lowest BCUT2D eigenvalue weighted by molar-refractivity contribution is -0.149. The van der Waals surface area contributed by atoms with Crippen LogP contribution in [0.25, 0.3) is 0 Å². The summed E-state index contributed by atoms with van der Waals surface area (Å²) in [6.07, 6.45) is 3.37. The molecule has 0 radical (unpaired) electrons. The van der Waals surface area contributed by atoms with E-state index in [0.717, 1.165) is 30.4 Å². The maximum Gasteiger partial charge on any atom is 0.408 e. The van der Waals surface area contributed by atoms with Crippen LogP contribution in [-0.4, -0.2) is 46.5 Å². The van der Waals surface area contributed by atoms with E-state index in [1.165, 1.54) is 0 Å². The van der Waals surface area contributed by atoms with Crippen molar-refractivity contribution in [2.24, 2.45) is 5.92 Å². The molecule has 7 nitrogen and oxygen atoms in total. The summed E-state index contributed by atoms with van der Waals surface area (Å²) >= 11 is 0. The Balaban J connectivity index is 3.56. The van der Waals surface area contributed by atoms with E-state index < -0.39 is 29.3 Å². The zero-order valence-corrected chi connectivity index (χ0v) is 24.9. The van der Waals surface area contributed by atoms with Gasteiger partial charge in [-0.25, -0.2) is 4.79 Å². The molecule has 7 heteroatoms. The minimum atomic E-state index is -0.834. The van der Waals surface area contributed by atoms with Crippen molar-refractivity contribution in [3.8, 4) is 0 Å². The predicted octanol–water partition coefficient (Wildman–Crippen LogP) is 6.30. The molecule has 2 unspecified atom stereocenters. The number of amides is 3. The molecule has 1 rings (SSSR count). The molecule has 0 aromatic heterocycles. The summed E-state index contributed by atoms with van der Waals surface area (Å²) < 4.78 is 5.48. The maximum absolute atomic E-state index is 14.3. The fraction of sp³-hybridized carbons (Fsp3) is 0.700. The molecular formula is C30H51N3O4. The van der Waals surface area contributed by atoms with E-state index in [2.05, 4.69) is 17.6 Å². The second-order valence-corrected chi connectivity index (χ2v) is 12.0. The summed E-state index contributed by atoms with van der Waals surface area (Å²) in [5, 5.41) is 5.89. The molecule has 0 fully saturated rings. The van der Waals surface area contributed by atoms with Gasteiger partial charge in [0, 0.05) is 12.1 Å². The first-order valence-corrected chi connectivity index (χ1v) is 13.8. The van der Waals surface area contributed by atoms with Gasteiger partial charge < -0.3 is 20.3 Å². The fourth-order valence-corrected chi connectivity index (χ4v) is 4.20. The highest BCUT2D eigenvalue weighted by atomic mass is 16.6. The molecule has 0 aliphatic heterocycles. The van der Waals surface area contributed by atoms with Gasteiger partial charge in [0.05, 0.1) is 0 Å². The Morgan fingerprint density at radius 3 is 2.19 bits per heavy atom. The highest BCUT2D eigenvalue weighted by molar-refractivity contribution is 5.92. The second kappa shape index (κ2) is 14.4. The summed E-state index contributed by atoms with van der Waals surface area (Å²) in [4.78, 5) is 42.5. The topological polar surface area (TPSA) is 87.7 Å². The maximum atomic E-state index is 14.3. The smallest absolute Gasteiger partial charge is 0.408 e. The lowest BCUT2D eigenvalue weighted by atomic mass is 9.90. The van der Waals surface area contributed by atoms with Gasteiger partial charge in [0.1, 0.15) is 17.7 Å². The normalized spacial score (nSPS) is 13.6. The Hall–Kier alpha value is -2.57. The molecular weight excluding hydrogens is 466 g/mol. The van der Waals surface area contributed by atoms with Gasteiger partial charge in [-0.05, 0) is 72.3 Å². The summed E-state index contributed by atoms with van der Waals surface area (Å²) in [6.45, 7) is 20.0. The van der Waals surface area contributed by atoms with Crippen LogP contribution in [0, 0.1) is 12.8 Å². The first kappa shape index (κ1) is 32.5. The number of nitrogens with one attached hydrogen (secondary N) is 2. The third kappa shape index (κ3) is 10.7. The van der Waals surface area contributed by atoms with Crippen molar-refractivity contribution in [3.05, 3.63) is 35.4 Å². The average Bonchev–Trinajstić information content (AvgIpc) is 2.77. The van der Waals surface area contributed by atoms with Crippen molar-refractivity contribution in [3.63, 3.8) is 0 Å². The number of benzene rings is 1. The molecule has 0 heterocycles. The quantitative estimate of drug-likeness (QED) is 0.301. The van der Waals surface area contributed by atoms with E-state index >= 15 is 0 Å². The number of carbonyl (C=O) groups excluding carboxylic acids is 3. The van der Waals surface area contributed by atoms with Crippen LogP contribution in [0.15, 0.2) is 24.3 Å². The van der Waals surface area contributed by atoms with Crippen molar-refractivity contribution in [1.29, 1.82) is 0 Å². The zero-order chi connectivity index (χ0) is 28.4. The Kier molecular flexibility index (Phi) is 12.6. The van der Waals surface area contributed by atoms with E-state index in [0.29, 0.717) is 19.4 Å². The van der Waals surface area contributed by atoms with Crippen LogP contribution in [0.2, 0.25) is 0 Å². The van der Waals surface area contributed by atoms with Gasteiger partial charge in [0.25, 0.3) is 0 Å². The molecule has 0 aliphatic rings. The highest BCUT2D eigenvalue weighted by Crippen LogP contribution is 2.33. The number of aryl methyl sites for hydroxylation is 1. The Bertz CT molecular complexity index is 889. The first-order chi connectivity index (χ1) is 17.1. The van der Waals surface area contributed by atoms with E-state index in [9.17, 15) is 14.4 Å². The minimum Gasteiger partial charge on any atom is -0.444 e. The third-order valence-electron chi connectivity index (χ3n) is 6.39. The molecule has 1 aromatic carbocycles. The standard InChI is InChI=1S/C30H51N3O4/c1-11-13-14-18-31-26(34)25(23-17-15-16-22(5)20-23)33(30(9,10)12-2)27(35)24(19-21(3)4)32-28(36)37-29(6,7)8/h15-17,20-21,24-25H,11-14,18-19H2,1-10H3,(H,31,34)(H,32,36). The first-order valence-electron chi connectivity index (χ1n) is 13.8. The second-order valence-electron chi connectivity index (χ2n) is 12.0. The number of alkyl carbamates (subject to hydrolysis) is 1. The lowest BCUT2D eigenvalue weighted by Gasteiger charge is -2.45. The number of ether oxygens (including phenoxy) is 1. The van der Waals surface area contributed by atoms with Gasteiger partial charge in [-0.2, -0.15) is 0 Å². The number of nitrogens with zero attached hydrogens (tertiary/aromatic N) is 1. The largest absolute Gasteiger partial charge is 0.444 e. The van der Waals surface area contributed by atoms with Gasteiger partial charge in [0.15, 0.2) is 0 Å². The van der Waals surface area contributed by atoms with Crippen LogP contribution in [0.1, 0.15) is 112 Å². The molecule has 0 spiro atoms. The molecule has 2 N–H and O–H groups in total. The number of hydrogen-bond donors (Lipinski definition) is 2. The van der Waals surface area contributed by atoms with E-state index in [-0.39, 0.29) is 17.7 Å². The van der Waals surface area contributed by atoms with Gasteiger partial charge in [-0.3, -0.25) is 9.59 Å². The molecule has 0 saturated carbocycles. The highest BCUT2D eigenvalue weighted by Gasteiger charge is 2.43. The predicted molar refractivity (Wildman–Crippen MR) is 150 cm³/mol. The number of unbranched alkanes of at least 4 members (excludes halogenated alkanes) is 2. The zero-order valence-electron chi connectivity index (χ0n) is 24.9. The fourth-order valence-electron chi connectivity index (χ4n) is 4.20. The third-order valence-corrected chi connectivity index (χ3v) is 6.39. The molecule has 210 valence electrons. The summed E-state index contributed by atoms with van der Waals surface area (Å²) in [5.74, 6) is -0.366. The van der Waals surface area contributed by atoms with Crippen molar-refractivity contribution < 1.29 is 19.1 Å². The molecule has 0 aliphatic carbocycles. The van der Waals surface area contributed by atoms with Crippen LogP contribution < -0.4 is 10.6 Å². The Morgan fingerprint density at radius 2 is 1.68 bits per heavy atom. The van der Waals surface area contributed by atoms with Crippen LogP contribution in [0.4, 0.5) is 4.79 Å². The molecule has 2 atom stereocenters. The van der Waals surface area contributed by atoms with E-state index in [4.69, 9.17) is 4.74 Å². The van der Waals surface area contributed by atoms with Gasteiger partial charge in [-0.15, -0.1) is 0 Å². The number of rotatable bonds is 13. The Labute approximate surface area is 225 Å². The van der Waals surface area contributed by atoms with Crippen molar-refractivity contribution in [2.45, 2.75) is 125 Å². The summed E-state index contributed by atoms with van der Waals surface area (Å²) in [7, 11) is 0. The monoisotopic (exact) mass is 517 g/mol. The summed E-state index contributed by atoms with van der Waals surface area (Å²) in [5.41, 5.74) is 0.411. The van der Waals surface area contributed by atoms with Crippen LogP contribution in [0.3, 0.4) is 0 Å². The van der Waals surface area contributed by atoms with Crippen LogP contribution in [0.5, 0.6) is 0 Å². The Morgan fingerprint density at radius 1 is 1.03 bits per heavy atom. The average molecular weight is 518 g/mol. The van der Waals surface area contributed by atoms with Crippen molar-refractivity contribution in [1.82, 2.24) is 15.5 Å². The lowest BCUT2D eigenvalue weighted by Crippen LogP contribution is -2.59. The van der Waals surface area contributed by atoms with Crippen LogP contribution >= 0.6 is 0 Å². The summed E-state index contributed by atoms with van der Waals surface area (Å²) in [6, 6.07) is 6.08. The molecule has 37 heavy (non-hydrogen) atoms. The molecule has 1 aromatic rings. The molecule has 0 bridgehead atoms. The minimum absolute atomic E-state index is 0.135. The number of hydrogen-bond acceptors (Lipinski definition) is 4. The molecule has 3 amide bonds. The van der Waals surface area contributed by atoms with Crippen LogP contribution in [-0.2, 0) is 14.3 Å². The van der Waals surface area contributed by atoms with Crippen molar-refractivity contribution >= 4 is 17.9 Å². The van der Waals surface area contributed by atoms with E-state index in [1.807, 2.05) is 65.8 Å². The van der Waals surface area contributed by atoms with E-state index in [1.54, 1.807) is 25.7 Å². The number of carbonyl (C=O) groups is 3. The SMILES string of the molecule is CCCCCNC(=O)C(c1cccc(C)c1)N(C(=O)C(CC(C)C)NC(=O)OC(C)(C)C)C(C)(C)CC. The van der Waals surface area contributed by atoms with Gasteiger partial charge in [0.2, 0.25) is 11.8 Å². The van der Waals surface area contributed by atoms with Gasteiger partial charge >= 0.3 is 6.09 Å².